The fourth-order valence-electron chi connectivity index (χ4n) is 7.86. The van der Waals surface area contributed by atoms with Crippen LogP contribution in [0.2, 0.25) is 0 Å². The third-order valence-corrected chi connectivity index (χ3v) is 10.0. The van der Waals surface area contributed by atoms with E-state index in [0.717, 1.165) is 0 Å². The van der Waals surface area contributed by atoms with E-state index in [9.17, 15) is 19.1 Å². The SMILES string of the molecule is CC[C@]1(O)CC[C@H]2[C@H]3C(=C4C(=CC(=O)C(F)C4F)C(F)C3F)[C@@H](c3ccc(C#CCOC(=O)NC(C)C)cc3)C(F)[C@@]21C. The predicted octanol–water partition coefficient (Wildman–Crippen LogP) is 5.95. The van der Waals surface area contributed by atoms with Crippen LogP contribution < -0.4 is 5.32 Å². The average molecular weight is 606 g/mol. The molecule has 232 valence electrons. The molecule has 10 atom stereocenters. The third-order valence-electron chi connectivity index (χ3n) is 10.0. The summed E-state index contributed by atoms with van der Waals surface area (Å²) < 4.78 is 84.3. The molecular weight excluding hydrogens is 569 g/mol. The van der Waals surface area contributed by atoms with E-state index in [4.69, 9.17) is 4.74 Å². The van der Waals surface area contributed by atoms with Crippen molar-refractivity contribution in [2.75, 3.05) is 6.61 Å². The highest BCUT2D eigenvalue weighted by molar-refractivity contribution is 5.98. The van der Waals surface area contributed by atoms with Crippen LogP contribution in [-0.4, -0.2) is 66.1 Å². The molecular formula is C33H36F5NO4. The molecule has 0 heterocycles. The molecule has 2 saturated carbocycles. The number of alkyl carbamates (subject to hydrolysis) is 1. The number of halogens is 5. The lowest BCUT2D eigenvalue weighted by molar-refractivity contribution is -0.143. The Labute approximate surface area is 247 Å². The first kappa shape index (κ1) is 31.2. The van der Waals surface area contributed by atoms with E-state index in [1.807, 2.05) is 0 Å². The van der Waals surface area contributed by atoms with Crippen molar-refractivity contribution in [3.63, 3.8) is 0 Å². The molecule has 4 aliphatic carbocycles. The number of alkyl halides is 5. The highest BCUT2D eigenvalue weighted by Crippen LogP contribution is 2.68. The highest BCUT2D eigenvalue weighted by Gasteiger charge is 2.70. The molecule has 2 N–H and O–H groups in total. The number of aliphatic hydroxyl groups is 1. The number of hydrogen-bond acceptors (Lipinski definition) is 4. The minimum atomic E-state index is -2.61. The van der Waals surface area contributed by atoms with Gasteiger partial charge in [-0.3, -0.25) is 4.79 Å². The van der Waals surface area contributed by atoms with Gasteiger partial charge in [0.05, 0.1) is 5.60 Å². The molecule has 0 aromatic heterocycles. The Balaban J connectivity index is 1.59. The van der Waals surface area contributed by atoms with Gasteiger partial charge in [-0.1, -0.05) is 37.8 Å². The standard InChI is InChI=1S/C33H36F5NO4/c1-5-33(42)13-12-20-24-25(23-19(26(34)29(24)37)15-21(40)27(35)28(23)36)22(30(38)32(20,33)4)18-10-8-17(9-11-18)7-6-14-43-31(41)39-16(2)3/h8-11,15-16,20,22,24,26-30,42H,5,12-14H2,1-4H3,(H,39,41)/t20-,22+,24-,26?,27?,28?,29?,30?,32+,33-/m0/s1. The topological polar surface area (TPSA) is 75.6 Å². The maximum atomic E-state index is 17.1. The van der Waals surface area contributed by atoms with Crippen LogP contribution in [-0.2, 0) is 9.53 Å². The summed E-state index contributed by atoms with van der Waals surface area (Å²) >= 11 is 0. The average Bonchev–Trinajstić information content (AvgIpc) is 3.24. The summed E-state index contributed by atoms with van der Waals surface area (Å²) in [5, 5.41) is 14.2. The lowest BCUT2D eigenvalue weighted by atomic mass is 9.49. The zero-order chi connectivity index (χ0) is 31.4. The maximum Gasteiger partial charge on any atom is 0.408 e. The fourth-order valence-corrected chi connectivity index (χ4v) is 7.86. The zero-order valence-electron chi connectivity index (χ0n) is 24.5. The van der Waals surface area contributed by atoms with E-state index in [1.165, 1.54) is 12.1 Å². The molecule has 1 amide bonds. The lowest BCUT2D eigenvalue weighted by Crippen LogP contribution is -2.61. The number of carbonyl (C=O) groups is 2. The molecule has 2 fully saturated rings. The molecule has 1 aromatic rings. The monoisotopic (exact) mass is 605 g/mol. The molecule has 0 bridgehead atoms. The van der Waals surface area contributed by atoms with Crippen molar-refractivity contribution in [1.82, 2.24) is 5.32 Å². The Hall–Kier alpha value is -3.19. The Morgan fingerprint density at radius 2 is 1.79 bits per heavy atom. The van der Waals surface area contributed by atoms with Crippen molar-refractivity contribution >= 4 is 11.9 Å². The van der Waals surface area contributed by atoms with Gasteiger partial charge in [-0.05, 0) is 79.5 Å². The first-order valence-corrected chi connectivity index (χ1v) is 14.7. The molecule has 4 aliphatic rings. The van der Waals surface area contributed by atoms with Gasteiger partial charge in [0.1, 0.15) is 12.3 Å². The van der Waals surface area contributed by atoms with Crippen LogP contribution in [0.1, 0.15) is 64.0 Å². The van der Waals surface area contributed by atoms with Crippen molar-refractivity contribution in [3.05, 3.63) is 58.2 Å². The minimum absolute atomic E-state index is 0.0750. The van der Waals surface area contributed by atoms with Gasteiger partial charge in [0.25, 0.3) is 0 Å². The van der Waals surface area contributed by atoms with Gasteiger partial charge in [-0.15, -0.1) is 0 Å². The summed E-state index contributed by atoms with van der Waals surface area (Å²) in [7, 11) is 0. The number of allylic oxidation sites excluding steroid dienone is 4. The second-order valence-electron chi connectivity index (χ2n) is 12.5. The number of amides is 1. The Bertz CT molecular complexity index is 1410. The Morgan fingerprint density at radius 1 is 1.12 bits per heavy atom. The van der Waals surface area contributed by atoms with Crippen LogP contribution in [0.3, 0.4) is 0 Å². The van der Waals surface area contributed by atoms with E-state index in [1.54, 1.807) is 39.8 Å². The molecule has 1 aromatic carbocycles. The van der Waals surface area contributed by atoms with Gasteiger partial charge in [-0.2, -0.15) is 0 Å². The maximum absolute atomic E-state index is 17.1. The fraction of sp³-hybridized carbons (Fsp3) is 0.576. The number of rotatable bonds is 4. The second-order valence-corrected chi connectivity index (χ2v) is 12.5. The van der Waals surface area contributed by atoms with Crippen molar-refractivity contribution in [3.8, 4) is 11.8 Å². The van der Waals surface area contributed by atoms with E-state index >= 15 is 17.6 Å². The summed E-state index contributed by atoms with van der Waals surface area (Å²) in [6.45, 7) is 6.63. The van der Waals surface area contributed by atoms with E-state index < -0.39 is 82.7 Å². The minimum Gasteiger partial charge on any atom is -0.436 e. The van der Waals surface area contributed by atoms with Crippen molar-refractivity contribution in [2.45, 2.75) is 95.4 Å². The van der Waals surface area contributed by atoms with Gasteiger partial charge in [-0.25, -0.2) is 26.7 Å². The first-order valence-electron chi connectivity index (χ1n) is 14.7. The Kier molecular flexibility index (Phi) is 8.27. The predicted molar refractivity (Wildman–Crippen MR) is 150 cm³/mol. The molecule has 5 nitrogen and oxygen atoms in total. The van der Waals surface area contributed by atoms with Crippen LogP contribution >= 0.6 is 0 Å². The summed E-state index contributed by atoms with van der Waals surface area (Å²) in [6.07, 6.45) is -11.2. The van der Waals surface area contributed by atoms with E-state index in [-0.39, 0.29) is 37.5 Å². The van der Waals surface area contributed by atoms with Crippen LogP contribution in [0, 0.1) is 29.1 Å². The molecule has 10 heteroatoms. The summed E-state index contributed by atoms with van der Waals surface area (Å²) in [5.74, 6) is 0.711. The van der Waals surface area contributed by atoms with E-state index in [2.05, 4.69) is 17.2 Å². The Morgan fingerprint density at radius 3 is 2.42 bits per heavy atom. The lowest BCUT2D eigenvalue weighted by Gasteiger charge is -2.57. The molecule has 0 spiro atoms. The summed E-state index contributed by atoms with van der Waals surface area (Å²) in [4.78, 5) is 23.7. The molecule has 5 rings (SSSR count). The second kappa shape index (κ2) is 11.4. The van der Waals surface area contributed by atoms with Gasteiger partial charge >= 0.3 is 6.09 Å². The van der Waals surface area contributed by atoms with Gasteiger partial charge in [0, 0.05) is 28.9 Å². The highest BCUT2D eigenvalue weighted by atomic mass is 19.2. The number of ether oxygens (including phenoxy) is 1. The van der Waals surface area contributed by atoms with Crippen LogP contribution in [0.15, 0.2) is 47.1 Å². The van der Waals surface area contributed by atoms with E-state index in [0.29, 0.717) is 17.2 Å². The number of ketones is 1. The normalized spacial score (nSPS) is 38.4. The molecule has 0 aliphatic heterocycles. The van der Waals surface area contributed by atoms with Crippen molar-refractivity contribution in [1.29, 1.82) is 0 Å². The third kappa shape index (κ3) is 4.88. The number of fused-ring (bicyclic) bond motifs is 4. The molecule has 5 unspecified atom stereocenters. The van der Waals surface area contributed by atoms with Crippen molar-refractivity contribution in [2.24, 2.45) is 17.3 Å². The number of hydrogen-bond donors (Lipinski definition) is 2. The first-order chi connectivity index (χ1) is 20.3. The number of nitrogens with one attached hydrogen (secondary N) is 1. The summed E-state index contributed by atoms with van der Waals surface area (Å²) in [5.41, 5.74) is -3.37. The van der Waals surface area contributed by atoms with Gasteiger partial charge in [0.2, 0.25) is 0 Å². The largest absolute Gasteiger partial charge is 0.436 e. The number of carbonyl (C=O) groups excluding carboxylic acids is 2. The van der Waals surface area contributed by atoms with Gasteiger partial charge < -0.3 is 15.2 Å². The van der Waals surface area contributed by atoms with Crippen LogP contribution in [0.4, 0.5) is 26.7 Å². The van der Waals surface area contributed by atoms with Crippen LogP contribution in [0.25, 0.3) is 0 Å². The van der Waals surface area contributed by atoms with Crippen LogP contribution in [0.5, 0.6) is 0 Å². The number of benzene rings is 1. The molecule has 0 saturated heterocycles. The molecule has 43 heavy (non-hydrogen) atoms. The molecule has 0 radical (unpaired) electrons. The van der Waals surface area contributed by atoms with Crippen molar-refractivity contribution < 1.29 is 41.4 Å². The zero-order valence-corrected chi connectivity index (χ0v) is 24.5. The van der Waals surface area contributed by atoms with Gasteiger partial charge in [0.15, 0.2) is 30.9 Å². The summed E-state index contributed by atoms with van der Waals surface area (Å²) in [6, 6.07) is 6.11. The smallest absolute Gasteiger partial charge is 0.408 e. The quantitative estimate of drug-likeness (QED) is 0.329.